The third-order valence-electron chi connectivity index (χ3n) is 5.55. The number of carboxylic acids is 1. The van der Waals surface area contributed by atoms with Crippen LogP contribution in [0, 0.1) is 0 Å². The maximum absolute atomic E-state index is 12.5. The fourth-order valence-corrected chi connectivity index (χ4v) is 4.05. The maximum Gasteiger partial charge on any atom is 0.411 e. The molecule has 1 atom stereocenters. The number of carbonyl (C=O) groups excluding carboxylic acids is 2. The summed E-state index contributed by atoms with van der Waals surface area (Å²) in [6.07, 6.45) is -2.46. The zero-order valence-electron chi connectivity index (χ0n) is 17.8. The van der Waals surface area contributed by atoms with Crippen molar-refractivity contribution >= 4 is 35.3 Å². The number of ether oxygens (including phenoxy) is 1. The number of hydrogen-bond acceptors (Lipinski definition) is 5. The molecular formula is C25H21ClN2O6. The highest BCUT2D eigenvalue weighted by atomic mass is 35.5. The zero-order chi connectivity index (χ0) is 24.2. The molecule has 174 valence electrons. The summed E-state index contributed by atoms with van der Waals surface area (Å²) in [4.78, 5) is 35.5. The summed E-state index contributed by atoms with van der Waals surface area (Å²) in [6, 6.07) is 20.1. The monoisotopic (exact) mass is 480 g/mol. The number of anilines is 1. The molecule has 0 aliphatic heterocycles. The normalized spacial score (nSPS) is 12.9. The molecule has 2 amide bonds. The third-order valence-corrected chi connectivity index (χ3v) is 5.88. The van der Waals surface area contributed by atoms with Crippen molar-refractivity contribution in [3.8, 4) is 11.1 Å². The number of hydrogen-bond donors (Lipinski definition) is 4. The summed E-state index contributed by atoms with van der Waals surface area (Å²) in [7, 11) is 0. The van der Waals surface area contributed by atoms with Crippen LogP contribution in [-0.2, 0) is 9.53 Å². The first-order valence-electron chi connectivity index (χ1n) is 10.5. The van der Waals surface area contributed by atoms with E-state index in [1.54, 1.807) is 0 Å². The Hall–Kier alpha value is -3.88. The van der Waals surface area contributed by atoms with E-state index in [1.165, 1.54) is 18.2 Å². The van der Waals surface area contributed by atoms with Crippen LogP contribution in [0.4, 0.5) is 10.5 Å². The molecule has 1 aliphatic carbocycles. The first-order chi connectivity index (χ1) is 16.3. The molecule has 0 heterocycles. The van der Waals surface area contributed by atoms with Gasteiger partial charge in [-0.15, -0.1) is 0 Å². The van der Waals surface area contributed by atoms with Crippen molar-refractivity contribution in [3.63, 3.8) is 0 Å². The molecule has 0 bridgehead atoms. The van der Waals surface area contributed by atoms with Crippen molar-refractivity contribution in [3.05, 3.63) is 88.4 Å². The molecule has 0 saturated heterocycles. The number of aliphatic carboxylic acids is 1. The van der Waals surface area contributed by atoms with Crippen molar-refractivity contribution in [1.82, 2.24) is 5.32 Å². The lowest BCUT2D eigenvalue weighted by atomic mass is 9.98. The van der Waals surface area contributed by atoms with Gasteiger partial charge in [-0.2, -0.15) is 0 Å². The number of amides is 2. The first kappa shape index (κ1) is 23.3. The summed E-state index contributed by atoms with van der Waals surface area (Å²) in [5.41, 5.74) is 4.67. The van der Waals surface area contributed by atoms with Gasteiger partial charge in [0.1, 0.15) is 6.61 Å². The van der Waals surface area contributed by atoms with E-state index < -0.39 is 30.6 Å². The van der Waals surface area contributed by atoms with Crippen LogP contribution >= 0.6 is 11.6 Å². The third kappa shape index (κ3) is 4.88. The molecule has 8 nitrogen and oxygen atoms in total. The van der Waals surface area contributed by atoms with Crippen LogP contribution in [0.3, 0.4) is 0 Å². The fraction of sp³-hybridized carbons (Fsp3) is 0.160. The summed E-state index contributed by atoms with van der Waals surface area (Å²) < 4.78 is 5.50. The Morgan fingerprint density at radius 3 is 2.21 bits per heavy atom. The number of carbonyl (C=O) groups is 3. The van der Waals surface area contributed by atoms with Gasteiger partial charge >= 0.3 is 12.1 Å². The van der Waals surface area contributed by atoms with Gasteiger partial charge in [-0.1, -0.05) is 60.1 Å². The average molecular weight is 481 g/mol. The molecule has 3 aromatic rings. The Morgan fingerprint density at radius 2 is 1.59 bits per heavy atom. The van der Waals surface area contributed by atoms with E-state index in [0.29, 0.717) is 0 Å². The van der Waals surface area contributed by atoms with Gasteiger partial charge in [0.2, 0.25) is 0 Å². The predicted octanol–water partition coefficient (Wildman–Crippen LogP) is 3.88. The lowest BCUT2D eigenvalue weighted by molar-refractivity contribution is -0.146. The van der Waals surface area contributed by atoms with Gasteiger partial charge in [0, 0.05) is 11.5 Å². The Morgan fingerprint density at radius 1 is 0.971 bits per heavy atom. The van der Waals surface area contributed by atoms with Gasteiger partial charge in [-0.25, -0.2) is 9.59 Å². The van der Waals surface area contributed by atoms with Crippen molar-refractivity contribution in [2.24, 2.45) is 0 Å². The quantitative estimate of drug-likeness (QED) is 0.407. The van der Waals surface area contributed by atoms with Crippen LogP contribution < -0.4 is 10.6 Å². The van der Waals surface area contributed by atoms with E-state index in [0.717, 1.165) is 22.3 Å². The van der Waals surface area contributed by atoms with Crippen LogP contribution in [0.2, 0.25) is 5.02 Å². The first-order valence-corrected chi connectivity index (χ1v) is 10.8. The molecule has 9 heteroatoms. The molecule has 34 heavy (non-hydrogen) atoms. The zero-order valence-corrected chi connectivity index (χ0v) is 18.6. The molecule has 3 aromatic carbocycles. The number of rotatable bonds is 7. The molecule has 0 unspecified atom stereocenters. The van der Waals surface area contributed by atoms with E-state index in [1.807, 2.05) is 48.5 Å². The summed E-state index contributed by atoms with van der Waals surface area (Å²) in [6.45, 7) is -0.351. The lowest BCUT2D eigenvalue weighted by Crippen LogP contribution is -2.36. The Kier molecular flexibility index (Phi) is 6.81. The largest absolute Gasteiger partial charge is 0.479 e. The van der Waals surface area contributed by atoms with Crippen molar-refractivity contribution in [2.75, 3.05) is 18.5 Å². The van der Waals surface area contributed by atoms with Crippen LogP contribution in [0.15, 0.2) is 66.7 Å². The minimum absolute atomic E-state index is 0.105. The number of aliphatic hydroxyl groups is 1. The predicted molar refractivity (Wildman–Crippen MR) is 126 cm³/mol. The van der Waals surface area contributed by atoms with Gasteiger partial charge in [-0.3, -0.25) is 10.1 Å². The number of carboxylic acid groups (broad SMARTS) is 1. The van der Waals surface area contributed by atoms with Gasteiger partial charge in [0.05, 0.1) is 17.3 Å². The fourth-order valence-electron chi connectivity index (χ4n) is 3.89. The lowest BCUT2D eigenvalue weighted by Gasteiger charge is -2.15. The number of halogens is 1. The average Bonchev–Trinajstić information content (AvgIpc) is 3.16. The highest BCUT2D eigenvalue weighted by Crippen LogP contribution is 2.44. The minimum atomic E-state index is -1.73. The minimum Gasteiger partial charge on any atom is -0.479 e. The van der Waals surface area contributed by atoms with E-state index in [9.17, 15) is 19.5 Å². The summed E-state index contributed by atoms with van der Waals surface area (Å²) >= 11 is 6.16. The maximum atomic E-state index is 12.5. The highest BCUT2D eigenvalue weighted by molar-refractivity contribution is 6.33. The molecular weight excluding hydrogens is 460 g/mol. The Balaban J connectivity index is 1.41. The van der Waals surface area contributed by atoms with Crippen LogP contribution in [0.1, 0.15) is 27.4 Å². The van der Waals surface area contributed by atoms with Gasteiger partial charge in [-0.05, 0) is 40.5 Å². The van der Waals surface area contributed by atoms with E-state index in [4.69, 9.17) is 21.4 Å². The standard InChI is InChI=1S/C25H21ClN2O6/c26-20-10-9-14(23(30)27-12-22(29)24(31)32)11-21(20)28-25(33)34-13-19-17-7-3-1-5-15(17)16-6-2-4-8-18(16)19/h1-11,19,22,29H,12-13H2,(H,27,30)(H,28,33)(H,31,32)/t22-/m0/s1. The SMILES string of the molecule is O=C(Nc1cc(C(=O)NC[C@H](O)C(=O)O)ccc1Cl)OCC1c2ccccc2-c2ccccc21. The molecule has 0 aromatic heterocycles. The van der Waals surface area contributed by atoms with E-state index >= 15 is 0 Å². The number of benzene rings is 3. The Bertz CT molecular complexity index is 1220. The van der Waals surface area contributed by atoms with Crippen molar-refractivity contribution in [2.45, 2.75) is 12.0 Å². The van der Waals surface area contributed by atoms with Crippen LogP contribution in [0.25, 0.3) is 11.1 Å². The summed E-state index contributed by atoms with van der Waals surface area (Å²) in [5, 5.41) is 23.0. The summed E-state index contributed by atoms with van der Waals surface area (Å²) in [5.74, 6) is -2.19. The Labute approximate surface area is 200 Å². The topological polar surface area (TPSA) is 125 Å². The van der Waals surface area contributed by atoms with Crippen molar-refractivity contribution in [1.29, 1.82) is 0 Å². The number of aliphatic hydroxyl groups excluding tert-OH is 1. The molecule has 4 rings (SSSR count). The molecule has 0 saturated carbocycles. The number of nitrogens with one attached hydrogen (secondary N) is 2. The molecule has 0 radical (unpaired) electrons. The smallest absolute Gasteiger partial charge is 0.411 e. The second-order valence-corrected chi connectivity index (χ2v) is 8.12. The molecule has 0 spiro atoms. The molecule has 4 N–H and O–H groups in total. The van der Waals surface area contributed by atoms with Gasteiger partial charge in [0.15, 0.2) is 6.10 Å². The van der Waals surface area contributed by atoms with Gasteiger partial charge in [0.25, 0.3) is 5.91 Å². The number of fused-ring (bicyclic) bond motifs is 3. The molecule has 1 aliphatic rings. The van der Waals surface area contributed by atoms with Crippen LogP contribution in [0.5, 0.6) is 0 Å². The van der Waals surface area contributed by atoms with Crippen molar-refractivity contribution < 1.29 is 29.3 Å². The van der Waals surface area contributed by atoms with Gasteiger partial charge < -0.3 is 20.3 Å². The van der Waals surface area contributed by atoms with Crippen LogP contribution in [-0.4, -0.2) is 47.4 Å². The second-order valence-electron chi connectivity index (χ2n) is 7.71. The van der Waals surface area contributed by atoms with E-state index in [-0.39, 0.29) is 28.8 Å². The molecule has 0 fully saturated rings. The second kappa shape index (κ2) is 9.94. The highest BCUT2D eigenvalue weighted by Gasteiger charge is 2.29. The van der Waals surface area contributed by atoms with E-state index in [2.05, 4.69) is 10.6 Å².